The van der Waals surface area contributed by atoms with Gasteiger partial charge in [0.1, 0.15) is 6.61 Å². The first-order chi connectivity index (χ1) is 10.8. The molecule has 2 N–H and O–H groups in total. The molecular formula is C15H28N2O5Si. The molecule has 2 amide bonds. The van der Waals surface area contributed by atoms with Crippen LogP contribution in [0.4, 0.5) is 9.59 Å². The van der Waals surface area contributed by atoms with Crippen LogP contribution in [0.3, 0.4) is 0 Å². The summed E-state index contributed by atoms with van der Waals surface area (Å²) in [5, 5.41) is 12.1. The van der Waals surface area contributed by atoms with Crippen molar-refractivity contribution in [1.29, 1.82) is 0 Å². The minimum Gasteiger partial charge on any atom is -0.450 e. The van der Waals surface area contributed by atoms with E-state index >= 15 is 0 Å². The molecule has 1 saturated heterocycles. The number of hydrogen-bond acceptors (Lipinski definition) is 5. The number of ether oxygens (including phenoxy) is 2. The van der Waals surface area contributed by atoms with Gasteiger partial charge >= 0.3 is 12.2 Å². The lowest BCUT2D eigenvalue weighted by atomic mass is 10.2. The van der Waals surface area contributed by atoms with Gasteiger partial charge in [-0.25, -0.2) is 9.59 Å². The molecule has 0 spiro atoms. The van der Waals surface area contributed by atoms with E-state index in [1.165, 1.54) is 11.0 Å². The van der Waals surface area contributed by atoms with Crippen LogP contribution in [0.25, 0.3) is 0 Å². The second kappa shape index (κ2) is 8.93. The zero-order chi connectivity index (χ0) is 17.5. The Hall–Kier alpha value is -1.54. The Kier molecular flexibility index (Phi) is 7.57. The quantitative estimate of drug-likeness (QED) is 0.543. The molecule has 0 aromatic rings. The molecule has 8 heteroatoms. The van der Waals surface area contributed by atoms with Crippen LogP contribution < -0.4 is 5.32 Å². The Balaban J connectivity index is 2.42. The predicted molar refractivity (Wildman–Crippen MR) is 90.2 cm³/mol. The molecule has 0 aliphatic carbocycles. The van der Waals surface area contributed by atoms with Gasteiger partial charge in [0.05, 0.1) is 25.3 Å². The summed E-state index contributed by atoms with van der Waals surface area (Å²) in [5.74, 6) is 0. The summed E-state index contributed by atoms with van der Waals surface area (Å²) in [6.07, 6.45) is 0.961. The zero-order valence-electron chi connectivity index (χ0n) is 14.2. The molecule has 1 heterocycles. The van der Waals surface area contributed by atoms with Crippen molar-refractivity contribution in [1.82, 2.24) is 10.2 Å². The van der Waals surface area contributed by atoms with E-state index in [4.69, 9.17) is 9.47 Å². The van der Waals surface area contributed by atoms with Crippen LogP contribution in [0.15, 0.2) is 12.7 Å². The van der Waals surface area contributed by atoms with Gasteiger partial charge in [-0.3, -0.25) is 0 Å². The number of likely N-dealkylation sites (tertiary alicyclic amines) is 1. The Morgan fingerprint density at radius 1 is 1.39 bits per heavy atom. The maximum Gasteiger partial charge on any atom is 0.410 e. The smallest absolute Gasteiger partial charge is 0.410 e. The monoisotopic (exact) mass is 344 g/mol. The lowest BCUT2D eigenvalue weighted by Crippen LogP contribution is -2.40. The van der Waals surface area contributed by atoms with E-state index in [1.54, 1.807) is 0 Å². The van der Waals surface area contributed by atoms with Gasteiger partial charge in [0.15, 0.2) is 0 Å². The van der Waals surface area contributed by atoms with E-state index in [-0.39, 0.29) is 25.3 Å². The van der Waals surface area contributed by atoms with E-state index in [9.17, 15) is 14.7 Å². The summed E-state index contributed by atoms with van der Waals surface area (Å²) in [7, 11) is -1.24. The summed E-state index contributed by atoms with van der Waals surface area (Å²) in [5.41, 5.74) is 0. The fourth-order valence-electron chi connectivity index (χ4n) is 2.29. The van der Waals surface area contributed by atoms with Crippen molar-refractivity contribution in [3.63, 3.8) is 0 Å². The Morgan fingerprint density at radius 3 is 2.65 bits per heavy atom. The summed E-state index contributed by atoms with van der Waals surface area (Å²) >= 11 is 0. The molecular weight excluding hydrogens is 316 g/mol. The normalized spacial score (nSPS) is 21.0. The molecule has 23 heavy (non-hydrogen) atoms. The maximum absolute atomic E-state index is 11.9. The van der Waals surface area contributed by atoms with Crippen molar-refractivity contribution in [2.75, 3.05) is 26.4 Å². The molecule has 1 rings (SSSR count). The highest BCUT2D eigenvalue weighted by molar-refractivity contribution is 6.76. The van der Waals surface area contributed by atoms with E-state index in [0.29, 0.717) is 19.6 Å². The van der Waals surface area contributed by atoms with Crippen molar-refractivity contribution < 1.29 is 24.2 Å². The first kappa shape index (κ1) is 19.5. The van der Waals surface area contributed by atoms with Gasteiger partial charge in [0.2, 0.25) is 0 Å². The number of rotatable bonds is 7. The van der Waals surface area contributed by atoms with Crippen LogP contribution in [0, 0.1) is 0 Å². The number of amides is 2. The van der Waals surface area contributed by atoms with Crippen molar-refractivity contribution in [2.45, 2.75) is 44.2 Å². The number of carbonyl (C=O) groups excluding carboxylic acids is 2. The van der Waals surface area contributed by atoms with Gasteiger partial charge in [-0.2, -0.15) is 0 Å². The number of alkyl carbamates (subject to hydrolysis) is 1. The van der Waals surface area contributed by atoms with Crippen LogP contribution >= 0.6 is 0 Å². The molecule has 2 atom stereocenters. The minimum absolute atomic E-state index is 0.115. The van der Waals surface area contributed by atoms with Gasteiger partial charge in [0, 0.05) is 14.6 Å². The molecule has 0 saturated carbocycles. The second-order valence-electron chi connectivity index (χ2n) is 6.88. The van der Waals surface area contributed by atoms with Crippen LogP contribution in [0.5, 0.6) is 0 Å². The van der Waals surface area contributed by atoms with Crippen LogP contribution in [-0.2, 0) is 9.47 Å². The zero-order valence-corrected chi connectivity index (χ0v) is 15.2. The lowest BCUT2D eigenvalue weighted by Gasteiger charge is -2.21. The average Bonchev–Trinajstić information content (AvgIpc) is 2.86. The summed E-state index contributed by atoms with van der Waals surface area (Å²) in [4.78, 5) is 25.1. The molecule has 1 aliphatic rings. The van der Waals surface area contributed by atoms with Gasteiger partial charge < -0.3 is 24.8 Å². The number of nitrogens with zero attached hydrogens (tertiary/aromatic N) is 1. The lowest BCUT2D eigenvalue weighted by molar-refractivity contribution is 0.0921. The summed E-state index contributed by atoms with van der Waals surface area (Å²) in [6.45, 7) is 10.8. The van der Waals surface area contributed by atoms with Crippen molar-refractivity contribution in [3.8, 4) is 0 Å². The average molecular weight is 344 g/mol. The SMILES string of the molecule is C=CCOC(=O)N1C[C@@H](NC(=O)OCC[Si](C)(C)C)C[C@H]1CO. The van der Waals surface area contributed by atoms with Crippen LogP contribution in [-0.4, -0.2) is 68.7 Å². The number of nitrogens with one attached hydrogen (secondary N) is 1. The predicted octanol–water partition coefficient (Wildman–Crippen LogP) is 1.81. The van der Waals surface area contributed by atoms with Gasteiger partial charge in [-0.1, -0.05) is 32.3 Å². The number of carbonyl (C=O) groups is 2. The van der Waals surface area contributed by atoms with E-state index < -0.39 is 20.3 Å². The molecule has 1 fully saturated rings. The number of hydrogen-bond donors (Lipinski definition) is 2. The highest BCUT2D eigenvalue weighted by Gasteiger charge is 2.36. The van der Waals surface area contributed by atoms with E-state index in [2.05, 4.69) is 31.5 Å². The van der Waals surface area contributed by atoms with Crippen LogP contribution in [0.2, 0.25) is 25.7 Å². The molecule has 0 radical (unpaired) electrons. The van der Waals surface area contributed by atoms with Crippen molar-refractivity contribution in [2.24, 2.45) is 0 Å². The van der Waals surface area contributed by atoms with E-state index in [0.717, 1.165) is 6.04 Å². The van der Waals surface area contributed by atoms with Crippen LogP contribution in [0.1, 0.15) is 6.42 Å². The second-order valence-corrected chi connectivity index (χ2v) is 12.5. The maximum atomic E-state index is 11.9. The first-order valence-corrected chi connectivity index (χ1v) is 11.6. The molecule has 132 valence electrons. The fraction of sp³-hybridized carbons (Fsp3) is 0.733. The molecule has 0 unspecified atom stereocenters. The van der Waals surface area contributed by atoms with Crippen molar-refractivity contribution in [3.05, 3.63) is 12.7 Å². The molecule has 1 aliphatic heterocycles. The van der Waals surface area contributed by atoms with Gasteiger partial charge in [-0.15, -0.1) is 0 Å². The molecule has 0 bridgehead atoms. The van der Waals surface area contributed by atoms with Crippen molar-refractivity contribution >= 4 is 20.3 Å². The molecule has 0 aromatic heterocycles. The summed E-state index contributed by atoms with van der Waals surface area (Å²) in [6, 6.07) is 0.298. The largest absolute Gasteiger partial charge is 0.450 e. The first-order valence-electron chi connectivity index (χ1n) is 7.85. The molecule has 0 aromatic carbocycles. The topological polar surface area (TPSA) is 88.1 Å². The number of aliphatic hydroxyl groups is 1. The summed E-state index contributed by atoms with van der Waals surface area (Å²) < 4.78 is 10.2. The Labute approximate surface area is 138 Å². The highest BCUT2D eigenvalue weighted by atomic mass is 28.3. The Morgan fingerprint density at radius 2 is 2.09 bits per heavy atom. The molecule has 7 nitrogen and oxygen atoms in total. The fourth-order valence-corrected chi connectivity index (χ4v) is 3.00. The van der Waals surface area contributed by atoms with Gasteiger partial charge in [-0.05, 0) is 12.5 Å². The highest BCUT2D eigenvalue weighted by Crippen LogP contribution is 2.19. The Bertz CT molecular complexity index is 425. The third kappa shape index (κ3) is 7.04. The number of aliphatic hydroxyl groups excluding tert-OH is 1. The third-order valence-electron chi connectivity index (χ3n) is 3.59. The van der Waals surface area contributed by atoms with Gasteiger partial charge in [0.25, 0.3) is 0 Å². The minimum atomic E-state index is -1.24. The van der Waals surface area contributed by atoms with E-state index in [1.807, 2.05) is 0 Å². The third-order valence-corrected chi connectivity index (χ3v) is 5.30. The standard InChI is InChI=1S/C15H28N2O5Si/c1-5-6-22-15(20)17-10-12(9-13(17)11-18)16-14(19)21-7-8-23(2,3)4/h5,12-13,18H,1,6-11H2,2-4H3,(H,16,19)/t12-,13-/m0/s1.